The van der Waals surface area contributed by atoms with Gasteiger partial charge in [0.25, 0.3) is 17.5 Å². The Kier molecular flexibility index (Phi) is 5.23. The van der Waals surface area contributed by atoms with E-state index in [0.717, 1.165) is 28.4 Å². The highest BCUT2D eigenvalue weighted by atomic mass is 16.6. The summed E-state index contributed by atoms with van der Waals surface area (Å²) >= 11 is 0. The van der Waals surface area contributed by atoms with Crippen LogP contribution in [0.3, 0.4) is 0 Å². The summed E-state index contributed by atoms with van der Waals surface area (Å²) < 4.78 is 1.72. The Morgan fingerprint density at radius 1 is 1.09 bits per heavy atom. The summed E-state index contributed by atoms with van der Waals surface area (Å²) in [6.07, 6.45) is 0. The van der Waals surface area contributed by atoms with Gasteiger partial charge in [0.15, 0.2) is 0 Å². The van der Waals surface area contributed by atoms with Crippen LogP contribution in [0.25, 0.3) is 5.69 Å². The SMILES string of the molecule is Cc1c(C#N)c(NC(=O)CN2C(=O)c3ccc([N+](=O)[O-])cc3C2=O)n(-c2ccccc2)c1C. The topological polar surface area (TPSA) is 138 Å². The lowest BCUT2D eigenvalue weighted by molar-refractivity contribution is -0.384. The summed E-state index contributed by atoms with van der Waals surface area (Å²) in [7, 11) is 0. The average Bonchev–Trinajstić information content (AvgIpc) is 3.18. The lowest BCUT2D eigenvalue weighted by Gasteiger charge is -2.16. The van der Waals surface area contributed by atoms with Gasteiger partial charge in [0.1, 0.15) is 18.4 Å². The van der Waals surface area contributed by atoms with E-state index in [4.69, 9.17) is 0 Å². The Labute approximate surface area is 187 Å². The third-order valence-electron chi connectivity index (χ3n) is 5.56. The summed E-state index contributed by atoms with van der Waals surface area (Å²) in [5, 5.41) is 23.3. The van der Waals surface area contributed by atoms with E-state index in [1.807, 2.05) is 37.3 Å². The quantitative estimate of drug-likeness (QED) is 0.365. The molecule has 0 bridgehead atoms. The summed E-state index contributed by atoms with van der Waals surface area (Å²) in [6, 6.07) is 14.6. The third-order valence-corrected chi connectivity index (χ3v) is 5.56. The van der Waals surface area contributed by atoms with Crippen molar-refractivity contribution in [3.8, 4) is 11.8 Å². The molecule has 0 atom stereocenters. The number of amides is 3. The molecule has 3 amide bonds. The van der Waals surface area contributed by atoms with Gasteiger partial charge in [-0.25, -0.2) is 0 Å². The number of aromatic nitrogens is 1. The van der Waals surface area contributed by atoms with Gasteiger partial charge in [0.2, 0.25) is 5.91 Å². The minimum atomic E-state index is -0.792. The van der Waals surface area contributed by atoms with Crippen molar-refractivity contribution in [2.24, 2.45) is 0 Å². The molecule has 33 heavy (non-hydrogen) atoms. The number of carbonyl (C=O) groups excluding carboxylic acids is 3. The van der Waals surface area contributed by atoms with E-state index in [1.54, 1.807) is 11.5 Å². The lowest BCUT2D eigenvalue weighted by atomic mass is 10.1. The van der Waals surface area contributed by atoms with Crippen LogP contribution in [0, 0.1) is 35.3 Å². The van der Waals surface area contributed by atoms with E-state index in [9.17, 15) is 29.8 Å². The lowest BCUT2D eigenvalue weighted by Crippen LogP contribution is -2.37. The van der Waals surface area contributed by atoms with Gasteiger partial charge in [0.05, 0.1) is 21.6 Å². The smallest absolute Gasteiger partial charge is 0.270 e. The van der Waals surface area contributed by atoms with Crippen molar-refractivity contribution in [2.45, 2.75) is 13.8 Å². The normalized spacial score (nSPS) is 12.5. The van der Waals surface area contributed by atoms with Crippen molar-refractivity contribution in [2.75, 3.05) is 11.9 Å². The second-order valence-electron chi connectivity index (χ2n) is 7.45. The predicted octanol–water partition coefficient (Wildman–Crippen LogP) is 3.11. The monoisotopic (exact) mass is 443 g/mol. The molecule has 10 heteroatoms. The van der Waals surface area contributed by atoms with E-state index >= 15 is 0 Å². The standard InChI is InChI=1S/C23H17N5O5/c1-13-14(2)27(15-6-4-3-5-7-15)21(19(13)11-24)25-20(29)12-26-22(30)17-9-8-16(28(32)33)10-18(17)23(26)31/h3-10H,12H2,1-2H3,(H,25,29). The largest absolute Gasteiger partial charge is 0.309 e. The molecule has 164 valence electrons. The molecule has 4 rings (SSSR count). The summed E-state index contributed by atoms with van der Waals surface area (Å²) in [5.74, 6) is -1.97. The predicted molar refractivity (Wildman–Crippen MR) is 117 cm³/mol. The van der Waals surface area contributed by atoms with Gasteiger partial charge in [-0.1, -0.05) is 18.2 Å². The van der Waals surface area contributed by atoms with Crippen LogP contribution >= 0.6 is 0 Å². The van der Waals surface area contributed by atoms with Crippen LogP contribution in [0.1, 0.15) is 37.5 Å². The maximum atomic E-state index is 12.9. The van der Waals surface area contributed by atoms with Crippen molar-refractivity contribution in [3.63, 3.8) is 0 Å². The van der Waals surface area contributed by atoms with Crippen LogP contribution in [-0.4, -0.2) is 38.7 Å². The van der Waals surface area contributed by atoms with Crippen molar-refractivity contribution in [3.05, 3.63) is 86.6 Å². The van der Waals surface area contributed by atoms with E-state index < -0.39 is 29.2 Å². The zero-order valence-corrected chi connectivity index (χ0v) is 17.7. The number of para-hydroxylation sites is 1. The number of nitro benzene ring substituents is 1. The molecule has 1 N–H and O–H groups in total. The number of nitro groups is 1. The first-order valence-electron chi connectivity index (χ1n) is 9.86. The van der Waals surface area contributed by atoms with Crippen molar-refractivity contribution in [1.82, 2.24) is 9.47 Å². The van der Waals surface area contributed by atoms with Gasteiger partial charge < -0.3 is 5.32 Å². The van der Waals surface area contributed by atoms with E-state index in [0.29, 0.717) is 5.56 Å². The number of non-ortho nitro benzene ring substituents is 1. The Hall–Kier alpha value is -4.78. The number of anilines is 1. The molecule has 0 radical (unpaired) electrons. The van der Waals surface area contributed by atoms with E-state index in [1.165, 1.54) is 6.07 Å². The highest BCUT2D eigenvalue weighted by Crippen LogP contribution is 2.30. The molecule has 1 aliphatic rings. The van der Waals surface area contributed by atoms with Crippen LogP contribution in [-0.2, 0) is 4.79 Å². The fraction of sp³-hybridized carbons (Fsp3) is 0.130. The number of nitrogens with zero attached hydrogens (tertiary/aromatic N) is 4. The van der Waals surface area contributed by atoms with Crippen molar-refractivity contribution in [1.29, 1.82) is 5.26 Å². The van der Waals surface area contributed by atoms with Crippen LogP contribution in [0.2, 0.25) is 0 Å². The Morgan fingerprint density at radius 3 is 2.39 bits per heavy atom. The molecule has 0 unspecified atom stereocenters. The Balaban J connectivity index is 1.64. The highest BCUT2D eigenvalue weighted by molar-refractivity contribution is 6.23. The first-order valence-corrected chi connectivity index (χ1v) is 9.86. The van der Waals surface area contributed by atoms with Crippen molar-refractivity contribution < 1.29 is 19.3 Å². The maximum Gasteiger partial charge on any atom is 0.270 e. The molecule has 0 spiro atoms. The number of benzene rings is 2. The second-order valence-corrected chi connectivity index (χ2v) is 7.45. The van der Waals surface area contributed by atoms with Gasteiger partial charge in [-0.05, 0) is 37.6 Å². The Bertz CT molecular complexity index is 1380. The van der Waals surface area contributed by atoms with Gasteiger partial charge in [-0.3, -0.25) is 34.0 Å². The molecule has 0 fully saturated rings. The number of fused-ring (bicyclic) bond motifs is 1. The molecular weight excluding hydrogens is 426 g/mol. The molecule has 3 aromatic rings. The number of nitrogens with one attached hydrogen (secondary N) is 1. The average molecular weight is 443 g/mol. The number of hydrogen-bond acceptors (Lipinski definition) is 6. The first-order chi connectivity index (χ1) is 15.7. The van der Waals surface area contributed by atoms with E-state index in [2.05, 4.69) is 11.4 Å². The minimum Gasteiger partial charge on any atom is -0.309 e. The fourth-order valence-electron chi connectivity index (χ4n) is 3.81. The second kappa shape index (κ2) is 8.05. The molecular formula is C23H17N5O5. The molecule has 0 saturated heterocycles. The van der Waals surface area contributed by atoms with Crippen LogP contribution in [0.5, 0.6) is 0 Å². The third kappa shape index (κ3) is 3.51. The van der Waals surface area contributed by atoms with Crippen LogP contribution in [0.4, 0.5) is 11.5 Å². The van der Waals surface area contributed by atoms with Crippen molar-refractivity contribution >= 4 is 29.2 Å². The molecule has 0 saturated carbocycles. The zero-order valence-electron chi connectivity index (χ0n) is 17.7. The summed E-state index contributed by atoms with van der Waals surface area (Å²) in [5.41, 5.74) is 1.97. The number of carbonyl (C=O) groups is 3. The van der Waals surface area contributed by atoms with Gasteiger partial charge in [-0.2, -0.15) is 5.26 Å². The molecule has 2 aromatic carbocycles. The van der Waals surface area contributed by atoms with Crippen LogP contribution < -0.4 is 5.32 Å². The number of rotatable bonds is 5. The highest BCUT2D eigenvalue weighted by Gasteiger charge is 2.38. The molecule has 2 heterocycles. The first kappa shape index (κ1) is 21.5. The van der Waals surface area contributed by atoms with Gasteiger partial charge >= 0.3 is 0 Å². The zero-order chi connectivity index (χ0) is 23.9. The summed E-state index contributed by atoms with van der Waals surface area (Å²) in [4.78, 5) is 49.3. The van der Waals surface area contributed by atoms with Gasteiger partial charge in [0, 0.05) is 23.5 Å². The van der Waals surface area contributed by atoms with Crippen LogP contribution in [0.15, 0.2) is 48.5 Å². The van der Waals surface area contributed by atoms with Gasteiger partial charge in [-0.15, -0.1) is 0 Å². The minimum absolute atomic E-state index is 0.00420. The number of nitriles is 1. The molecule has 0 aliphatic carbocycles. The Morgan fingerprint density at radius 2 is 1.76 bits per heavy atom. The number of hydrogen-bond donors (Lipinski definition) is 1. The molecule has 1 aromatic heterocycles. The maximum absolute atomic E-state index is 12.9. The summed E-state index contributed by atoms with van der Waals surface area (Å²) in [6.45, 7) is 2.97. The number of imide groups is 1. The molecule has 1 aliphatic heterocycles. The fourth-order valence-corrected chi connectivity index (χ4v) is 3.81. The van der Waals surface area contributed by atoms with E-state index in [-0.39, 0.29) is 28.2 Å². The molecule has 10 nitrogen and oxygen atoms in total.